The molecule has 0 aliphatic carbocycles. The van der Waals surface area contributed by atoms with E-state index in [1.807, 2.05) is 0 Å². The van der Waals surface area contributed by atoms with Crippen LogP contribution in [0.5, 0.6) is 5.75 Å². The van der Waals surface area contributed by atoms with Crippen LogP contribution in [0.2, 0.25) is 0 Å². The molecule has 1 aromatic rings. The van der Waals surface area contributed by atoms with Gasteiger partial charge in [0.1, 0.15) is 6.04 Å². The summed E-state index contributed by atoms with van der Waals surface area (Å²) in [5.41, 5.74) is 0.175. The van der Waals surface area contributed by atoms with Crippen molar-refractivity contribution < 1.29 is 24.0 Å². The summed E-state index contributed by atoms with van der Waals surface area (Å²) in [6.45, 7) is 8.62. The number of carbonyl (C=O) groups is 2. The van der Waals surface area contributed by atoms with Crippen LogP contribution in [0.4, 0.5) is 11.4 Å². The van der Waals surface area contributed by atoms with E-state index < -0.39 is 23.0 Å². The van der Waals surface area contributed by atoms with Crippen LogP contribution in [0.15, 0.2) is 18.2 Å². The highest BCUT2D eigenvalue weighted by Gasteiger charge is 2.41. The molecule has 0 saturated heterocycles. The van der Waals surface area contributed by atoms with Gasteiger partial charge in [0.15, 0.2) is 11.9 Å². The third kappa shape index (κ3) is 3.72. The molecule has 8 nitrogen and oxygen atoms in total. The number of ether oxygens (including phenoxy) is 2. The van der Waals surface area contributed by atoms with Gasteiger partial charge < -0.3 is 9.47 Å². The lowest BCUT2D eigenvalue weighted by molar-refractivity contribution is -0.384. The van der Waals surface area contributed by atoms with Gasteiger partial charge in [0.05, 0.1) is 22.8 Å². The number of fused-ring (bicyclic) bond motifs is 1. The molecular formula is C17H22N2O6. The molecule has 1 heterocycles. The Morgan fingerprint density at radius 2 is 1.92 bits per heavy atom. The third-order valence-corrected chi connectivity index (χ3v) is 3.83. The number of carbonyl (C=O) groups excluding carboxylic acids is 2. The van der Waals surface area contributed by atoms with Crippen LogP contribution in [-0.2, 0) is 14.3 Å². The first-order valence-electron chi connectivity index (χ1n) is 8.12. The second-order valence-corrected chi connectivity index (χ2v) is 6.56. The second kappa shape index (κ2) is 7.08. The van der Waals surface area contributed by atoms with E-state index in [2.05, 4.69) is 0 Å². The first kappa shape index (κ1) is 18.7. The van der Waals surface area contributed by atoms with E-state index in [4.69, 9.17) is 9.47 Å². The zero-order chi connectivity index (χ0) is 18.9. The number of benzene rings is 1. The molecule has 0 N–H and O–H groups in total. The fourth-order valence-corrected chi connectivity index (χ4v) is 2.61. The molecule has 25 heavy (non-hydrogen) atoms. The summed E-state index contributed by atoms with van der Waals surface area (Å²) >= 11 is 0. The molecular weight excluding hydrogens is 328 g/mol. The van der Waals surface area contributed by atoms with Crippen molar-refractivity contribution in [3.05, 3.63) is 28.3 Å². The highest BCUT2D eigenvalue weighted by Crippen LogP contribution is 2.39. The Morgan fingerprint density at radius 3 is 2.44 bits per heavy atom. The largest absolute Gasteiger partial charge is 0.478 e. The summed E-state index contributed by atoms with van der Waals surface area (Å²) < 4.78 is 10.9. The van der Waals surface area contributed by atoms with Gasteiger partial charge in [-0.05, 0) is 32.8 Å². The molecule has 0 spiro atoms. The number of non-ortho nitro benzene ring substituents is 1. The molecule has 0 saturated carbocycles. The molecule has 0 fully saturated rings. The number of rotatable bonds is 5. The quantitative estimate of drug-likeness (QED) is 0.460. The number of hydrogen-bond donors (Lipinski definition) is 0. The van der Waals surface area contributed by atoms with E-state index >= 15 is 0 Å². The van der Waals surface area contributed by atoms with Gasteiger partial charge in [-0.25, -0.2) is 4.79 Å². The van der Waals surface area contributed by atoms with Crippen LogP contribution in [0.3, 0.4) is 0 Å². The van der Waals surface area contributed by atoms with Crippen molar-refractivity contribution in [1.82, 2.24) is 0 Å². The van der Waals surface area contributed by atoms with Crippen LogP contribution in [0, 0.1) is 16.0 Å². The van der Waals surface area contributed by atoms with Gasteiger partial charge in [-0.2, -0.15) is 0 Å². The van der Waals surface area contributed by atoms with Crippen LogP contribution in [-0.4, -0.2) is 35.0 Å². The minimum absolute atomic E-state index is 0.145. The van der Waals surface area contributed by atoms with Crippen molar-refractivity contribution in [2.24, 2.45) is 5.92 Å². The van der Waals surface area contributed by atoms with Gasteiger partial charge in [-0.1, -0.05) is 13.8 Å². The predicted octanol–water partition coefficient (Wildman–Crippen LogP) is 2.68. The Hall–Kier alpha value is -2.64. The summed E-state index contributed by atoms with van der Waals surface area (Å²) in [7, 11) is 0. The number of esters is 1. The molecule has 0 radical (unpaired) electrons. The van der Waals surface area contributed by atoms with E-state index in [9.17, 15) is 19.7 Å². The molecule has 2 rings (SSSR count). The van der Waals surface area contributed by atoms with Crippen LogP contribution >= 0.6 is 0 Å². The summed E-state index contributed by atoms with van der Waals surface area (Å²) in [5, 5.41) is 11.0. The minimum atomic E-state index is -0.875. The number of amides is 1. The molecule has 2 unspecified atom stereocenters. The number of nitro groups is 1. The van der Waals surface area contributed by atoms with Crippen LogP contribution in [0.25, 0.3) is 0 Å². The molecule has 0 bridgehead atoms. The summed E-state index contributed by atoms with van der Waals surface area (Å²) in [5.74, 6) is -0.881. The maximum absolute atomic E-state index is 12.8. The molecule has 1 aliphatic rings. The van der Waals surface area contributed by atoms with Gasteiger partial charge in [-0.15, -0.1) is 0 Å². The molecule has 2 atom stereocenters. The Balaban J connectivity index is 2.48. The number of hydrogen-bond acceptors (Lipinski definition) is 6. The average molecular weight is 350 g/mol. The second-order valence-electron chi connectivity index (χ2n) is 6.56. The van der Waals surface area contributed by atoms with E-state index in [1.165, 1.54) is 23.1 Å². The Bertz CT molecular complexity index is 700. The fraction of sp³-hybridized carbons (Fsp3) is 0.529. The van der Waals surface area contributed by atoms with Crippen molar-refractivity contribution >= 4 is 23.3 Å². The van der Waals surface area contributed by atoms with Gasteiger partial charge in [-0.3, -0.25) is 19.8 Å². The van der Waals surface area contributed by atoms with Gasteiger partial charge in [0, 0.05) is 6.07 Å². The molecule has 1 aliphatic heterocycles. The standard InChI is InChI=1S/C17H22N2O6/c1-9(2)15-16(20)18(11(5)17(21)24-10(3)4)13-7-6-12(19(22)23)8-14(13)25-15/h6-11,15H,1-5H3. The maximum atomic E-state index is 12.8. The van der Waals surface area contributed by atoms with Gasteiger partial charge in [0.2, 0.25) is 0 Å². The smallest absolute Gasteiger partial charge is 0.329 e. The molecule has 8 heteroatoms. The topological polar surface area (TPSA) is 99.0 Å². The monoisotopic (exact) mass is 350 g/mol. The van der Waals surface area contributed by atoms with Crippen molar-refractivity contribution in [2.45, 2.75) is 52.9 Å². The lowest BCUT2D eigenvalue weighted by Crippen LogP contribution is -2.54. The van der Waals surface area contributed by atoms with Gasteiger partial charge in [0.25, 0.3) is 11.6 Å². The number of nitro benzene ring substituents is 1. The van der Waals surface area contributed by atoms with Crippen molar-refractivity contribution in [3.8, 4) is 5.75 Å². The summed E-state index contributed by atoms with van der Waals surface area (Å²) in [6.07, 6.45) is -1.15. The number of anilines is 1. The third-order valence-electron chi connectivity index (χ3n) is 3.83. The van der Waals surface area contributed by atoms with E-state index in [-0.39, 0.29) is 29.4 Å². The van der Waals surface area contributed by atoms with E-state index in [1.54, 1.807) is 34.6 Å². The SMILES string of the molecule is CC(C)OC(=O)C(C)N1C(=O)C(C(C)C)Oc2cc([N+](=O)[O-])ccc21. The Labute approximate surface area is 145 Å². The fourth-order valence-electron chi connectivity index (χ4n) is 2.61. The lowest BCUT2D eigenvalue weighted by atomic mass is 10.0. The summed E-state index contributed by atoms with van der Waals surface area (Å²) in [4.78, 5) is 36.9. The highest BCUT2D eigenvalue weighted by molar-refractivity contribution is 6.04. The molecule has 1 aromatic carbocycles. The molecule has 1 amide bonds. The van der Waals surface area contributed by atoms with Crippen molar-refractivity contribution in [3.63, 3.8) is 0 Å². The van der Waals surface area contributed by atoms with Crippen molar-refractivity contribution in [2.75, 3.05) is 4.90 Å². The molecule has 0 aromatic heterocycles. The average Bonchev–Trinajstić information content (AvgIpc) is 2.52. The lowest BCUT2D eigenvalue weighted by Gasteiger charge is -2.38. The first-order valence-corrected chi connectivity index (χ1v) is 8.12. The number of nitrogens with zero attached hydrogens (tertiary/aromatic N) is 2. The van der Waals surface area contributed by atoms with E-state index in [0.29, 0.717) is 5.69 Å². The Kier molecular flexibility index (Phi) is 5.30. The predicted molar refractivity (Wildman–Crippen MR) is 90.5 cm³/mol. The van der Waals surface area contributed by atoms with Crippen molar-refractivity contribution in [1.29, 1.82) is 0 Å². The first-order chi connectivity index (χ1) is 11.6. The zero-order valence-corrected chi connectivity index (χ0v) is 14.9. The molecule has 136 valence electrons. The highest BCUT2D eigenvalue weighted by atomic mass is 16.6. The summed E-state index contributed by atoms with van der Waals surface area (Å²) in [6, 6.07) is 3.09. The van der Waals surface area contributed by atoms with Crippen LogP contribution < -0.4 is 9.64 Å². The van der Waals surface area contributed by atoms with Gasteiger partial charge >= 0.3 is 5.97 Å². The minimum Gasteiger partial charge on any atom is -0.478 e. The van der Waals surface area contributed by atoms with Crippen LogP contribution in [0.1, 0.15) is 34.6 Å². The Morgan fingerprint density at radius 1 is 1.28 bits per heavy atom. The maximum Gasteiger partial charge on any atom is 0.329 e. The normalized spacial score (nSPS) is 18.0. The van der Waals surface area contributed by atoms with E-state index in [0.717, 1.165) is 0 Å². The zero-order valence-electron chi connectivity index (χ0n) is 14.9.